The molecule has 13 heavy (non-hydrogen) atoms. The molecular formula is C11H13NO. The Balaban J connectivity index is 2.31. The molecule has 1 aliphatic heterocycles. The maximum Gasteiger partial charge on any atom is 0.142 e. The van der Waals surface area contributed by atoms with Gasteiger partial charge in [0.25, 0.3) is 0 Å². The van der Waals surface area contributed by atoms with Gasteiger partial charge in [-0.25, -0.2) is 0 Å². The summed E-state index contributed by atoms with van der Waals surface area (Å²) in [4.78, 5) is 0. The van der Waals surface area contributed by atoms with Crippen molar-refractivity contribution in [3.8, 4) is 0 Å². The number of ether oxygens (including phenoxy) is 1. The minimum Gasteiger partial charge on any atom is -0.490 e. The monoisotopic (exact) mass is 175 g/mol. The van der Waals surface area contributed by atoms with Gasteiger partial charge in [0.05, 0.1) is 5.70 Å². The molecule has 0 amide bonds. The summed E-state index contributed by atoms with van der Waals surface area (Å²) in [6, 6.07) is 0. The second-order valence-electron chi connectivity index (χ2n) is 3.16. The highest BCUT2D eigenvalue weighted by atomic mass is 16.5. The first-order valence-corrected chi connectivity index (χ1v) is 4.50. The summed E-state index contributed by atoms with van der Waals surface area (Å²) in [5.41, 5.74) is 2.31. The van der Waals surface area contributed by atoms with Crippen LogP contribution < -0.4 is 5.32 Å². The Morgan fingerprint density at radius 2 is 2.23 bits per heavy atom. The summed E-state index contributed by atoms with van der Waals surface area (Å²) in [6.07, 6.45) is 10.2. The zero-order chi connectivity index (χ0) is 9.10. The molecule has 0 aromatic rings. The normalized spacial score (nSPS) is 35.3. The van der Waals surface area contributed by atoms with Crippen LogP contribution in [0.25, 0.3) is 0 Å². The predicted octanol–water partition coefficient (Wildman–Crippen LogP) is 1.89. The molecule has 0 spiro atoms. The van der Waals surface area contributed by atoms with Crippen molar-refractivity contribution in [2.75, 3.05) is 13.2 Å². The lowest BCUT2D eigenvalue weighted by Gasteiger charge is -2.21. The third-order valence-corrected chi connectivity index (χ3v) is 2.06. The predicted molar refractivity (Wildman–Crippen MR) is 53.0 cm³/mol. The van der Waals surface area contributed by atoms with Crippen molar-refractivity contribution in [2.24, 2.45) is 0 Å². The molecule has 1 aliphatic carbocycles. The lowest BCUT2D eigenvalue weighted by molar-refractivity contribution is 0.197. The SMILES string of the molecule is CC1=C/C=C2/OCCN/C2=C/C=C\1. The smallest absolute Gasteiger partial charge is 0.142 e. The van der Waals surface area contributed by atoms with Crippen molar-refractivity contribution in [1.29, 1.82) is 0 Å². The first-order chi connectivity index (χ1) is 6.36. The Labute approximate surface area is 78.3 Å². The van der Waals surface area contributed by atoms with E-state index in [1.807, 2.05) is 18.2 Å². The van der Waals surface area contributed by atoms with Crippen LogP contribution in [0.5, 0.6) is 0 Å². The molecule has 0 unspecified atom stereocenters. The highest BCUT2D eigenvalue weighted by Gasteiger charge is 2.10. The zero-order valence-corrected chi connectivity index (χ0v) is 7.71. The first kappa shape index (κ1) is 8.17. The van der Waals surface area contributed by atoms with Crippen molar-refractivity contribution in [1.82, 2.24) is 5.32 Å². The van der Waals surface area contributed by atoms with Gasteiger partial charge in [-0.3, -0.25) is 0 Å². The molecule has 0 aromatic heterocycles. The molecular weight excluding hydrogens is 162 g/mol. The zero-order valence-electron chi connectivity index (χ0n) is 7.71. The van der Waals surface area contributed by atoms with Gasteiger partial charge < -0.3 is 10.1 Å². The molecule has 1 saturated heterocycles. The van der Waals surface area contributed by atoms with E-state index < -0.39 is 0 Å². The molecule has 1 heterocycles. The van der Waals surface area contributed by atoms with E-state index in [4.69, 9.17) is 4.74 Å². The van der Waals surface area contributed by atoms with E-state index in [2.05, 4.69) is 24.4 Å². The molecule has 2 nitrogen and oxygen atoms in total. The number of hydrogen-bond donors (Lipinski definition) is 1. The first-order valence-electron chi connectivity index (χ1n) is 4.50. The highest BCUT2D eigenvalue weighted by molar-refractivity contribution is 5.38. The van der Waals surface area contributed by atoms with E-state index in [1.54, 1.807) is 0 Å². The maximum absolute atomic E-state index is 5.52. The molecule has 0 atom stereocenters. The lowest BCUT2D eigenvalue weighted by atomic mass is 10.1. The van der Waals surface area contributed by atoms with E-state index in [1.165, 1.54) is 5.57 Å². The van der Waals surface area contributed by atoms with Gasteiger partial charge in [0.1, 0.15) is 12.4 Å². The Kier molecular flexibility index (Phi) is 2.21. The third kappa shape index (κ3) is 1.83. The quantitative estimate of drug-likeness (QED) is 0.607. The lowest BCUT2D eigenvalue weighted by Crippen LogP contribution is -2.27. The molecule has 68 valence electrons. The van der Waals surface area contributed by atoms with Crippen LogP contribution in [-0.2, 0) is 4.74 Å². The minimum absolute atomic E-state index is 0.750. The minimum atomic E-state index is 0.750. The van der Waals surface area contributed by atoms with Crippen molar-refractivity contribution in [2.45, 2.75) is 6.92 Å². The van der Waals surface area contributed by atoms with Crippen molar-refractivity contribution in [3.05, 3.63) is 47.4 Å². The van der Waals surface area contributed by atoms with Gasteiger partial charge in [0.15, 0.2) is 0 Å². The molecule has 2 rings (SSSR count). The number of morpholine rings is 1. The summed E-state index contributed by atoms with van der Waals surface area (Å²) in [5, 5.41) is 3.29. The molecule has 1 fully saturated rings. The van der Waals surface area contributed by atoms with Gasteiger partial charge >= 0.3 is 0 Å². The van der Waals surface area contributed by atoms with Crippen LogP contribution in [-0.4, -0.2) is 13.2 Å². The fourth-order valence-corrected chi connectivity index (χ4v) is 1.35. The van der Waals surface area contributed by atoms with Crippen LogP contribution in [0.1, 0.15) is 6.92 Å². The van der Waals surface area contributed by atoms with E-state index in [0.29, 0.717) is 0 Å². The van der Waals surface area contributed by atoms with Gasteiger partial charge in [-0.15, -0.1) is 0 Å². The summed E-state index contributed by atoms with van der Waals surface area (Å²) in [6.45, 7) is 3.71. The Morgan fingerprint density at radius 3 is 3.15 bits per heavy atom. The van der Waals surface area contributed by atoms with E-state index in [-0.39, 0.29) is 0 Å². The third-order valence-electron chi connectivity index (χ3n) is 2.06. The second kappa shape index (κ2) is 3.52. The fourth-order valence-electron chi connectivity index (χ4n) is 1.35. The molecule has 0 bridgehead atoms. The Hall–Kier alpha value is -1.44. The second-order valence-corrected chi connectivity index (χ2v) is 3.16. The molecule has 0 radical (unpaired) electrons. The molecule has 0 aromatic carbocycles. The largest absolute Gasteiger partial charge is 0.490 e. The van der Waals surface area contributed by atoms with Gasteiger partial charge in [0.2, 0.25) is 0 Å². The summed E-state index contributed by atoms with van der Waals surface area (Å²) >= 11 is 0. The van der Waals surface area contributed by atoms with E-state index in [0.717, 1.165) is 24.6 Å². The number of allylic oxidation sites excluding steroid dienone is 6. The fraction of sp³-hybridized carbons (Fsp3) is 0.273. The van der Waals surface area contributed by atoms with Crippen molar-refractivity contribution < 1.29 is 4.74 Å². The molecule has 0 saturated carbocycles. The van der Waals surface area contributed by atoms with Crippen LogP contribution in [0.15, 0.2) is 47.4 Å². The summed E-state index contributed by atoms with van der Waals surface area (Å²) in [7, 11) is 0. The van der Waals surface area contributed by atoms with Gasteiger partial charge in [-0.2, -0.15) is 0 Å². The van der Waals surface area contributed by atoms with E-state index >= 15 is 0 Å². The van der Waals surface area contributed by atoms with Crippen LogP contribution in [0.3, 0.4) is 0 Å². The summed E-state index contributed by atoms with van der Waals surface area (Å²) in [5.74, 6) is 0.940. The molecule has 2 heteroatoms. The topological polar surface area (TPSA) is 21.3 Å². The number of rotatable bonds is 0. The molecule has 2 aliphatic rings. The average Bonchev–Trinajstić information content (AvgIpc) is 2.13. The van der Waals surface area contributed by atoms with Gasteiger partial charge in [0, 0.05) is 6.54 Å². The number of hydrogen-bond acceptors (Lipinski definition) is 2. The van der Waals surface area contributed by atoms with Crippen LogP contribution >= 0.6 is 0 Å². The maximum atomic E-state index is 5.52. The van der Waals surface area contributed by atoms with Crippen molar-refractivity contribution in [3.63, 3.8) is 0 Å². The van der Waals surface area contributed by atoms with E-state index in [9.17, 15) is 0 Å². The van der Waals surface area contributed by atoms with Crippen LogP contribution in [0.2, 0.25) is 0 Å². The van der Waals surface area contributed by atoms with Gasteiger partial charge in [-0.05, 0) is 19.1 Å². The average molecular weight is 175 g/mol. The van der Waals surface area contributed by atoms with Crippen LogP contribution in [0.4, 0.5) is 0 Å². The van der Waals surface area contributed by atoms with Crippen LogP contribution in [0, 0.1) is 0 Å². The number of nitrogens with one attached hydrogen (secondary N) is 1. The standard InChI is InChI=1S/C11H13NO/c1-9-3-2-4-10-11(6-5-9)13-8-7-12-10/h2-6,12H,7-8H2,1H3/b3-2-,4-2?,6-5?,9-3?,9-5-,10-4+,11-6+. The molecule has 1 N–H and O–H groups in total. The highest BCUT2D eigenvalue weighted by Crippen LogP contribution is 2.15. The van der Waals surface area contributed by atoms with Crippen molar-refractivity contribution >= 4 is 0 Å². The summed E-state index contributed by atoms with van der Waals surface area (Å²) < 4.78 is 5.52. The van der Waals surface area contributed by atoms with Gasteiger partial charge in [-0.1, -0.05) is 23.8 Å². The Morgan fingerprint density at radius 1 is 1.31 bits per heavy atom. The number of fused-ring (bicyclic) bond motifs is 1. The Bertz CT molecular complexity index is 321.